The summed E-state index contributed by atoms with van der Waals surface area (Å²) in [5.74, 6) is -0.493. The van der Waals surface area contributed by atoms with Gasteiger partial charge in [-0.25, -0.2) is 4.79 Å². The Balaban J connectivity index is 2.15. The lowest BCUT2D eigenvalue weighted by Gasteiger charge is -2.20. The molecule has 0 heterocycles. The minimum Gasteiger partial charge on any atom is -0.494 e. The maximum atomic E-state index is 12.5. The van der Waals surface area contributed by atoms with Crippen molar-refractivity contribution in [3.8, 4) is 5.75 Å². The van der Waals surface area contributed by atoms with Crippen LogP contribution in [-0.4, -0.2) is 23.6 Å². The molecule has 0 aliphatic carbocycles. The average molecular weight is 341 g/mol. The van der Waals surface area contributed by atoms with Gasteiger partial charge in [-0.3, -0.25) is 4.79 Å². The van der Waals surface area contributed by atoms with Gasteiger partial charge in [-0.2, -0.15) is 0 Å². The van der Waals surface area contributed by atoms with Crippen molar-refractivity contribution in [1.29, 1.82) is 0 Å². The highest BCUT2D eigenvalue weighted by atomic mass is 16.5. The molecule has 1 unspecified atom stereocenters. The van der Waals surface area contributed by atoms with E-state index in [1.807, 2.05) is 38.1 Å². The molecule has 0 saturated heterocycles. The van der Waals surface area contributed by atoms with Crippen molar-refractivity contribution in [2.45, 2.75) is 32.7 Å². The molecule has 1 amide bonds. The van der Waals surface area contributed by atoms with Crippen LogP contribution in [0, 0.1) is 0 Å². The number of aromatic carboxylic acids is 1. The van der Waals surface area contributed by atoms with E-state index in [4.69, 9.17) is 4.74 Å². The summed E-state index contributed by atoms with van der Waals surface area (Å²) in [6, 6.07) is 14.0. The minimum absolute atomic E-state index is 0.0236. The largest absolute Gasteiger partial charge is 0.494 e. The van der Waals surface area contributed by atoms with Crippen LogP contribution in [0.4, 0.5) is 0 Å². The number of rotatable bonds is 8. The van der Waals surface area contributed by atoms with Crippen molar-refractivity contribution in [3.63, 3.8) is 0 Å². The lowest BCUT2D eigenvalue weighted by Crippen LogP contribution is -2.30. The van der Waals surface area contributed by atoms with Crippen molar-refractivity contribution in [2.75, 3.05) is 6.61 Å². The average Bonchev–Trinajstić information content (AvgIpc) is 2.61. The highest BCUT2D eigenvalue weighted by Crippen LogP contribution is 2.27. The van der Waals surface area contributed by atoms with Crippen LogP contribution in [0.25, 0.3) is 0 Å². The third kappa shape index (κ3) is 4.83. The predicted molar refractivity (Wildman–Crippen MR) is 95.9 cm³/mol. The minimum atomic E-state index is -1.03. The number of carbonyl (C=O) groups is 2. The molecule has 0 spiro atoms. The third-order valence-electron chi connectivity index (χ3n) is 3.94. The van der Waals surface area contributed by atoms with Gasteiger partial charge >= 0.3 is 5.97 Å². The zero-order chi connectivity index (χ0) is 18.2. The van der Waals surface area contributed by atoms with Crippen LogP contribution < -0.4 is 10.1 Å². The molecule has 5 heteroatoms. The van der Waals surface area contributed by atoms with Gasteiger partial charge in [0.25, 0.3) is 0 Å². The molecular formula is C20H23NO4. The second-order valence-electron chi connectivity index (χ2n) is 5.64. The number of hydrogen-bond acceptors (Lipinski definition) is 3. The second-order valence-corrected chi connectivity index (χ2v) is 5.64. The summed E-state index contributed by atoms with van der Waals surface area (Å²) in [7, 11) is 0. The van der Waals surface area contributed by atoms with Crippen LogP contribution in [0.5, 0.6) is 5.75 Å². The molecule has 2 N–H and O–H groups in total. The topological polar surface area (TPSA) is 75.6 Å². The highest BCUT2D eigenvalue weighted by molar-refractivity contribution is 5.91. The predicted octanol–water partition coefficient (Wildman–Crippen LogP) is 3.59. The Morgan fingerprint density at radius 2 is 1.76 bits per heavy atom. The fourth-order valence-corrected chi connectivity index (χ4v) is 2.76. The van der Waals surface area contributed by atoms with Crippen molar-refractivity contribution < 1.29 is 19.4 Å². The standard InChI is InChI=1S/C20H23NO4/c1-3-17(16-11-7-8-12-18(16)25-4-2)21-19(22)13-14-9-5-6-10-15(14)20(23)24/h5-12,17H,3-4,13H2,1-2H3,(H,21,22)(H,23,24). The first-order valence-electron chi connectivity index (χ1n) is 8.39. The monoisotopic (exact) mass is 341 g/mol. The van der Waals surface area contributed by atoms with E-state index in [1.54, 1.807) is 18.2 Å². The van der Waals surface area contributed by atoms with Crippen LogP contribution >= 0.6 is 0 Å². The van der Waals surface area contributed by atoms with E-state index in [1.165, 1.54) is 6.07 Å². The van der Waals surface area contributed by atoms with E-state index < -0.39 is 5.97 Å². The van der Waals surface area contributed by atoms with Gasteiger partial charge < -0.3 is 15.2 Å². The van der Waals surface area contributed by atoms with Crippen molar-refractivity contribution in [2.24, 2.45) is 0 Å². The maximum absolute atomic E-state index is 12.5. The normalized spacial score (nSPS) is 11.6. The summed E-state index contributed by atoms with van der Waals surface area (Å²) in [6.07, 6.45) is 0.728. The van der Waals surface area contributed by atoms with E-state index in [0.717, 1.165) is 11.3 Å². The molecule has 1 atom stereocenters. The van der Waals surface area contributed by atoms with E-state index in [0.29, 0.717) is 18.6 Å². The van der Waals surface area contributed by atoms with Gasteiger partial charge in [0.1, 0.15) is 5.75 Å². The fraction of sp³-hybridized carbons (Fsp3) is 0.300. The molecule has 0 saturated carbocycles. The molecule has 0 bridgehead atoms. The molecule has 0 radical (unpaired) electrons. The fourth-order valence-electron chi connectivity index (χ4n) is 2.76. The number of benzene rings is 2. The van der Waals surface area contributed by atoms with Crippen molar-refractivity contribution in [3.05, 3.63) is 65.2 Å². The molecule has 2 rings (SSSR count). The van der Waals surface area contributed by atoms with Gasteiger partial charge in [0.05, 0.1) is 24.6 Å². The Morgan fingerprint density at radius 3 is 2.44 bits per heavy atom. The molecule has 5 nitrogen and oxygen atoms in total. The number of hydrogen-bond donors (Lipinski definition) is 2. The molecule has 132 valence electrons. The molecular weight excluding hydrogens is 318 g/mol. The third-order valence-corrected chi connectivity index (χ3v) is 3.94. The first kappa shape index (κ1) is 18.5. The van der Waals surface area contributed by atoms with Crippen LogP contribution in [-0.2, 0) is 11.2 Å². The Kier molecular flexibility index (Phi) is 6.57. The number of para-hydroxylation sites is 1. The Hall–Kier alpha value is -2.82. The lowest BCUT2D eigenvalue weighted by molar-refractivity contribution is -0.121. The number of carboxylic acids is 1. The van der Waals surface area contributed by atoms with Gasteiger partial charge in [0.15, 0.2) is 0 Å². The summed E-state index contributed by atoms with van der Waals surface area (Å²) in [4.78, 5) is 23.7. The van der Waals surface area contributed by atoms with Gasteiger partial charge in [-0.05, 0) is 31.0 Å². The zero-order valence-corrected chi connectivity index (χ0v) is 14.5. The molecule has 0 aromatic heterocycles. The summed E-state index contributed by atoms with van der Waals surface area (Å²) in [5, 5.41) is 12.2. The number of nitrogens with one attached hydrogen (secondary N) is 1. The number of carboxylic acid groups (broad SMARTS) is 1. The van der Waals surface area contributed by atoms with Gasteiger partial charge in [0, 0.05) is 5.56 Å². The van der Waals surface area contributed by atoms with Crippen LogP contribution in [0.1, 0.15) is 47.8 Å². The number of ether oxygens (including phenoxy) is 1. The molecule has 0 fully saturated rings. The first-order valence-corrected chi connectivity index (χ1v) is 8.39. The van der Waals surface area contributed by atoms with Gasteiger partial charge in [0.2, 0.25) is 5.91 Å². The van der Waals surface area contributed by atoms with E-state index in [9.17, 15) is 14.7 Å². The summed E-state index contributed by atoms with van der Waals surface area (Å²) in [6.45, 7) is 4.45. The molecule has 2 aromatic rings. The van der Waals surface area contributed by atoms with Crippen molar-refractivity contribution in [1.82, 2.24) is 5.32 Å². The zero-order valence-electron chi connectivity index (χ0n) is 14.5. The van der Waals surface area contributed by atoms with Crippen molar-refractivity contribution >= 4 is 11.9 Å². The molecule has 2 aromatic carbocycles. The summed E-state index contributed by atoms with van der Waals surface area (Å²) < 4.78 is 5.64. The van der Waals surface area contributed by atoms with E-state index >= 15 is 0 Å². The Morgan fingerprint density at radius 1 is 1.08 bits per heavy atom. The van der Waals surface area contributed by atoms with E-state index in [2.05, 4.69) is 5.32 Å². The second kappa shape index (κ2) is 8.87. The quantitative estimate of drug-likeness (QED) is 0.769. The molecule has 0 aliphatic rings. The van der Waals surface area contributed by atoms with Crippen LogP contribution in [0.15, 0.2) is 48.5 Å². The van der Waals surface area contributed by atoms with Gasteiger partial charge in [-0.15, -0.1) is 0 Å². The highest BCUT2D eigenvalue weighted by Gasteiger charge is 2.18. The van der Waals surface area contributed by atoms with E-state index in [-0.39, 0.29) is 23.9 Å². The first-order chi connectivity index (χ1) is 12.1. The smallest absolute Gasteiger partial charge is 0.335 e. The van der Waals surface area contributed by atoms with Crippen LogP contribution in [0.3, 0.4) is 0 Å². The molecule has 25 heavy (non-hydrogen) atoms. The Labute approximate surface area is 147 Å². The summed E-state index contributed by atoms with van der Waals surface area (Å²) >= 11 is 0. The number of carbonyl (C=O) groups excluding carboxylic acids is 1. The molecule has 0 aliphatic heterocycles. The SMILES string of the molecule is CCOc1ccccc1C(CC)NC(=O)Cc1ccccc1C(=O)O. The maximum Gasteiger partial charge on any atom is 0.335 e. The van der Waals surface area contributed by atoms with Gasteiger partial charge in [-0.1, -0.05) is 43.3 Å². The Bertz CT molecular complexity index is 742. The summed E-state index contributed by atoms with van der Waals surface area (Å²) in [5.41, 5.74) is 1.58. The lowest BCUT2D eigenvalue weighted by atomic mass is 10.0. The van der Waals surface area contributed by atoms with Crippen LogP contribution in [0.2, 0.25) is 0 Å². The number of amides is 1.